The van der Waals surface area contributed by atoms with Crippen molar-refractivity contribution in [3.05, 3.63) is 35.9 Å². The molecule has 0 spiro atoms. The van der Waals surface area contributed by atoms with Crippen molar-refractivity contribution in [1.82, 2.24) is 15.1 Å². The van der Waals surface area contributed by atoms with Gasteiger partial charge in [-0.3, -0.25) is 9.89 Å². The SMILES string of the molecule is CCNC(=NCC1CN2CCCC2CO1)N1CCC(c2ccccc2)C1.I. The second-order valence-corrected chi connectivity index (χ2v) is 7.78. The van der Waals surface area contributed by atoms with E-state index < -0.39 is 0 Å². The quantitative estimate of drug-likeness (QED) is 0.406. The Hall–Kier alpha value is -0.860. The number of ether oxygens (including phenoxy) is 1. The molecule has 3 heterocycles. The lowest BCUT2D eigenvalue weighted by molar-refractivity contribution is -0.0432. The molecule has 0 aromatic heterocycles. The smallest absolute Gasteiger partial charge is 0.194 e. The summed E-state index contributed by atoms with van der Waals surface area (Å²) in [6.07, 6.45) is 4.06. The first-order chi connectivity index (χ1) is 12.8. The Balaban J connectivity index is 0.00000210. The predicted molar refractivity (Wildman–Crippen MR) is 121 cm³/mol. The van der Waals surface area contributed by atoms with Gasteiger partial charge < -0.3 is 15.0 Å². The molecule has 0 amide bonds. The first-order valence-electron chi connectivity index (χ1n) is 10.3. The molecule has 3 aliphatic rings. The zero-order chi connectivity index (χ0) is 17.8. The first-order valence-corrected chi connectivity index (χ1v) is 10.3. The standard InChI is InChI=1S/C21H32N4O.HI/c1-2-22-21(23-13-20-15-24-11-6-9-19(24)16-26-20)25-12-10-18(14-25)17-7-4-3-5-8-17;/h3-5,7-8,18-20H,2,6,9-16H2,1H3,(H,22,23);1H. The van der Waals surface area contributed by atoms with E-state index in [0.29, 0.717) is 12.0 Å². The van der Waals surface area contributed by atoms with Gasteiger partial charge >= 0.3 is 0 Å². The predicted octanol–water partition coefficient (Wildman–Crippen LogP) is 2.92. The summed E-state index contributed by atoms with van der Waals surface area (Å²) in [6, 6.07) is 11.5. The van der Waals surface area contributed by atoms with Crippen LogP contribution in [0.5, 0.6) is 0 Å². The molecule has 3 atom stereocenters. The van der Waals surface area contributed by atoms with Crippen molar-refractivity contribution in [2.75, 3.05) is 45.9 Å². The van der Waals surface area contributed by atoms with Crippen LogP contribution >= 0.6 is 24.0 Å². The van der Waals surface area contributed by atoms with E-state index >= 15 is 0 Å². The molecule has 5 nitrogen and oxygen atoms in total. The van der Waals surface area contributed by atoms with Crippen LogP contribution in [-0.4, -0.2) is 73.8 Å². The molecular weight excluding hydrogens is 451 g/mol. The summed E-state index contributed by atoms with van der Waals surface area (Å²) in [5.74, 6) is 1.66. The summed E-state index contributed by atoms with van der Waals surface area (Å²) in [7, 11) is 0. The Morgan fingerprint density at radius 2 is 2.04 bits per heavy atom. The van der Waals surface area contributed by atoms with Crippen LogP contribution in [0.1, 0.15) is 37.7 Å². The van der Waals surface area contributed by atoms with E-state index in [1.165, 1.54) is 31.4 Å². The summed E-state index contributed by atoms with van der Waals surface area (Å²) in [5.41, 5.74) is 1.45. The van der Waals surface area contributed by atoms with Crippen LogP contribution in [-0.2, 0) is 4.74 Å². The summed E-state index contributed by atoms with van der Waals surface area (Å²) in [4.78, 5) is 9.96. The second kappa shape index (κ2) is 10.1. The van der Waals surface area contributed by atoms with E-state index in [1.807, 2.05) is 0 Å². The molecule has 3 aliphatic heterocycles. The van der Waals surface area contributed by atoms with Crippen molar-refractivity contribution in [3.8, 4) is 0 Å². The fraction of sp³-hybridized carbons (Fsp3) is 0.667. The van der Waals surface area contributed by atoms with Gasteiger partial charge in [0.05, 0.1) is 19.3 Å². The minimum absolute atomic E-state index is 0. The van der Waals surface area contributed by atoms with Crippen LogP contribution in [0.15, 0.2) is 35.3 Å². The lowest BCUT2D eigenvalue weighted by Crippen LogP contribution is -2.47. The van der Waals surface area contributed by atoms with Crippen LogP contribution < -0.4 is 5.32 Å². The van der Waals surface area contributed by atoms with E-state index in [1.54, 1.807) is 0 Å². The summed E-state index contributed by atoms with van der Waals surface area (Å²) in [6.45, 7) is 9.10. The van der Waals surface area contributed by atoms with Gasteiger partial charge in [0.25, 0.3) is 0 Å². The third kappa shape index (κ3) is 5.15. The molecule has 3 saturated heterocycles. The number of hydrogen-bond acceptors (Lipinski definition) is 3. The first kappa shape index (κ1) is 20.9. The fourth-order valence-corrected chi connectivity index (χ4v) is 4.56. The zero-order valence-corrected chi connectivity index (χ0v) is 18.7. The number of aliphatic imine (C=N–C) groups is 1. The molecule has 0 bridgehead atoms. The van der Waals surface area contributed by atoms with Gasteiger partial charge in [-0.15, -0.1) is 24.0 Å². The molecule has 6 heteroatoms. The molecule has 3 unspecified atom stereocenters. The molecule has 1 N–H and O–H groups in total. The number of guanidine groups is 1. The third-order valence-electron chi connectivity index (χ3n) is 6.00. The van der Waals surface area contributed by atoms with Crippen molar-refractivity contribution >= 4 is 29.9 Å². The largest absolute Gasteiger partial charge is 0.373 e. The van der Waals surface area contributed by atoms with E-state index in [2.05, 4.69) is 52.4 Å². The lowest BCUT2D eigenvalue weighted by atomic mass is 9.99. The number of rotatable bonds is 4. The van der Waals surface area contributed by atoms with E-state index in [-0.39, 0.29) is 30.1 Å². The van der Waals surface area contributed by atoms with Gasteiger partial charge in [0, 0.05) is 38.1 Å². The van der Waals surface area contributed by atoms with Crippen molar-refractivity contribution in [2.24, 2.45) is 4.99 Å². The number of nitrogens with zero attached hydrogens (tertiary/aromatic N) is 3. The molecule has 150 valence electrons. The molecule has 0 aliphatic carbocycles. The van der Waals surface area contributed by atoms with Crippen LogP contribution in [0.25, 0.3) is 0 Å². The normalized spacial score (nSPS) is 28.7. The number of fused-ring (bicyclic) bond motifs is 1. The number of hydrogen-bond donors (Lipinski definition) is 1. The lowest BCUT2D eigenvalue weighted by Gasteiger charge is -2.34. The monoisotopic (exact) mass is 484 g/mol. The topological polar surface area (TPSA) is 40.1 Å². The van der Waals surface area contributed by atoms with Gasteiger partial charge in [-0.2, -0.15) is 0 Å². The second-order valence-electron chi connectivity index (χ2n) is 7.78. The summed E-state index contributed by atoms with van der Waals surface area (Å²) < 4.78 is 6.08. The summed E-state index contributed by atoms with van der Waals surface area (Å²) in [5, 5.41) is 3.49. The van der Waals surface area contributed by atoms with Crippen molar-refractivity contribution in [2.45, 2.75) is 44.2 Å². The van der Waals surface area contributed by atoms with Gasteiger partial charge in [-0.05, 0) is 38.3 Å². The van der Waals surface area contributed by atoms with Gasteiger partial charge in [0.2, 0.25) is 0 Å². The van der Waals surface area contributed by atoms with Gasteiger partial charge in [-0.25, -0.2) is 0 Å². The number of morpholine rings is 1. The Labute approximate surface area is 180 Å². The average molecular weight is 484 g/mol. The fourth-order valence-electron chi connectivity index (χ4n) is 4.56. The van der Waals surface area contributed by atoms with E-state index in [9.17, 15) is 0 Å². The molecule has 1 aromatic carbocycles. The Kier molecular flexibility index (Phi) is 7.78. The highest BCUT2D eigenvalue weighted by molar-refractivity contribution is 14.0. The zero-order valence-electron chi connectivity index (χ0n) is 16.3. The van der Waals surface area contributed by atoms with Crippen molar-refractivity contribution in [3.63, 3.8) is 0 Å². The molecule has 4 rings (SSSR count). The maximum atomic E-state index is 6.08. The van der Waals surface area contributed by atoms with Crippen LogP contribution in [0, 0.1) is 0 Å². The number of halogens is 1. The molecular formula is C21H33IN4O. The van der Waals surface area contributed by atoms with Gasteiger partial charge in [-0.1, -0.05) is 30.3 Å². The van der Waals surface area contributed by atoms with Crippen molar-refractivity contribution < 1.29 is 4.74 Å². The maximum Gasteiger partial charge on any atom is 0.194 e. The van der Waals surface area contributed by atoms with Crippen LogP contribution in [0.3, 0.4) is 0 Å². The minimum Gasteiger partial charge on any atom is -0.373 e. The number of benzene rings is 1. The Bertz CT molecular complexity index is 611. The molecule has 0 saturated carbocycles. The third-order valence-corrected chi connectivity index (χ3v) is 6.00. The minimum atomic E-state index is 0. The highest BCUT2D eigenvalue weighted by Gasteiger charge is 2.32. The van der Waals surface area contributed by atoms with Crippen LogP contribution in [0.2, 0.25) is 0 Å². The average Bonchev–Trinajstić information content (AvgIpc) is 3.35. The van der Waals surface area contributed by atoms with Gasteiger partial charge in [0.1, 0.15) is 0 Å². The Morgan fingerprint density at radius 3 is 2.85 bits per heavy atom. The highest BCUT2D eigenvalue weighted by Crippen LogP contribution is 2.27. The number of nitrogens with one attached hydrogen (secondary N) is 1. The molecule has 3 fully saturated rings. The molecule has 1 aromatic rings. The van der Waals surface area contributed by atoms with E-state index in [4.69, 9.17) is 9.73 Å². The highest BCUT2D eigenvalue weighted by atomic mass is 127. The molecule has 27 heavy (non-hydrogen) atoms. The Morgan fingerprint density at radius 1 is 1.19 bits per heavy atom. The summed E-state index contributed by atoms with van der Waals surface area (Å²) >= 11 is 0. The number of likely N-dealkylation sites (tertiary alicyclic amines) is 1. The molecule has 0 radical (unpaired) electrons. The van der Waals surface area contributed by atoms with E-state index in [0.717, 1.165) is 45.3 Å². The van der Waals surface area contributed by atoms with Gasteiger partial charge in [0.15, 0.2) is 5.96 Å². The maximum absolute atomic E-state index is 6.08. The van der Waals surface area contributed by atoms with Crippen LogP contribution in [0.4, 0.5) is 0 Å². The van der Waals surface area contributed by atoms with Crippen molar-refractivity contribution in [1.29, 1.82) is 0 Å².